The van der Waals surface area contributed by atoms with Gasteiger partial charge in [0.2, 0.25) is 0 Å². The van der Waals surface area contributed by atoms with Crippen molar-refractivity contribution in [2.24, 2.45) is 0 Å². The Balaban J connectivity index is 2.48. The molecule has 0 aliphatic rings. The van der Waals surface area contributed by atoms with Crippen molar-refractivity contribution in [2.75, 3.05) is 13.6 Å². The van der Waals surface area contributed by atoms with Crippen molar-refractivity contribution in [1.82, 2.24) is 14.3 Å². The van der Waals surface area contributed by atoms with E-state index in [2.05, 4.69) is 4.98 Å². The summed E-state index contributed by atoms with van der Waals surface area (Å²) in [5.41, 5.74) is 1.79. The first kappa shape index (κ1) is 13.1. The molecule has 0 aliphatic heterocycles. The molecule has 0 spiro atoms. The largest absolute Gasteiger partial charge is 0.480 e. The molecule has 0 aromatic carbocycles. The second-order valence-corrected chi connectivity index (χ2v) is 4.24. The summed E-state index contributed by atoms with van der Waals surface area (Å²) in [7, 11) is 1.47. The predicted octanol–water partition coefficient (Wildman–Crippen LogP) is 1.05. The van der Waals surface area contributed by atoms with Crippen molar-refractivity contribution >= 4 is 17.5 Å². The second kappa shape index (κ2) is 5.09. The normalized spacial score (nSPS) is 10.6. The minimum Gasteiger partial charge on any atom is -0.480 e. The third kappa shape index (κ3) is 2.42. The maximum absolute atomic E-state index is 12.3. The van der Waals surface area contributed by atoms with Crippen LogP contribution < -0.4 is 0 Å². The average molecular weight is 261 g/mol. The third-order valence-corrected chi connectivity index (χ3v) is 2.86. The molecule has 0 radical (unpaired) electrons. The van der Waals surface area contributed by atoms with Gasteiger partial charge in [-0.15, -0.1) is 0 Å². The quantitative estimate of drug-likeness (QED) is 0.892. The van der Waals surface area contributed by atoms with Crippen LogP contribution in [0.5, 0.6) is 0 Å². The molecular weight excluding hydrogens is 246 g/mol. The van der Waals surface area contributed by atoms with Crippen molar-refractivity contribution < 1.29 is 14.7 Å². The summed E-state index contributed by atoms with van der Waals surface area (Å²) in [5, 5.41) is 8.75. The summed E-state index contributed by atoms with van der Waals surface area (Å²) in [4.78, 5) is 28.6. The van der Waals surface area contributed by atoms with Crippen LogP contribution in [0.1, 0.15) is 23.1 Å². The molecule has 0 bridgehead atoms. The summed E-state index contributed by atoms with van der Waals surface area (Å²) < 4.78 is 1.69. The van der Waals surface area contributed by atoms with Crippen LogP contribution in [-0.4, -0.2) is 44.9 Å². The fraction of sp³-hybridized carbons (Fsp3) is 0.308. The van der Waals surface area contributed by atoms with Gasteiger partial charge in [0.1, 0.15) is 17.9 Å². The molecule has 6 nitrogen and oxygen atoms in total. The number of carbonyl (C=O) groups is 2. The van der Waals surface area contributed by atoms with Gasteiger partial charge in [-0.05, 0) is 18.6 Å². The van der Waals surface area contributed by atoms with Gasteiger partial charge in [0.15, 0.2) is 0 Å². The Labute approximate surface area is 110 Å². The first-order valence-corrected chi connectivity index (χ1v) is 5.97. The van der Waals surface area contributed by atoms with Gasteiger partial charge in [0.05, 0.1) is 5.69 Å². The van der Waals surface area contributed by atoms with Crippen LogP contribution in [0.25, 0.3) is 5.65 Å². The summed E-state index contributed by atoms with van der Waals surface area (Å²) in [6, 6.07) is 5.46. The monoisotopic (exact) mass is 261 g/mol. The standard InChI is InChI=1S/C13H15N3O3/c1-3-9-12(13(19)15(2)8-11(17)18)16-7-5-4-6-10(16)14-9/h4-7H,3,8H2,1-2H3,(H,17,18). The molecular formula is C13H15N3O3. The van der Waals surface area contributed by atoms with Crippen LogP contribution in [-0.2, 0) is 11.2 Å². The van der Waals surface area contributed by atoms with E-state index in [0.717, 1.165) is 0 Å². The lowest BCUT2D eigenvalue weighted by Gasteiger charge is -2.14. The van der Waals surface area contributed by atoms with E-state index >= 15 is 0 Å². The van der Waals surface area contributed by atoms with Crippen molar-refractivity contribution in [1.29, 1.82) is 0 Å². The smallest absolute Gasteiger partial charge is 0.323 e. The van der Waals surface area contributed by atoms with Gasteiger partial charge in [-0.25, -0.2) is 4.98 Å². The molecule has 6 heteroatoms. The lowest BCUT2D eigenvalue weighted by molar-refractivity contribution is -0.137. The summed E-state index contributed by atoms with van der Waals surface area (Å²) in [5.74, 6) is -1.37. The van der Waals surface area contributed by atoms with Crippen LogP contribution in [0.15, 0.2) is 24.4 Å². The van der Waals surface area contributed by atoms with Gasteiger partial charge in [0.25, 0.3) is 5.91 Å². The van der Waals surface area contributed by atoms with E-state index in [1.807, 2.05) is 25.1 Å². The second-order valence-electron chi connectivity index (χ2n) is 4.24. The van der Waals surface area contributed by atoms with Crippen molar-refractivity contribution in [3.05, 3.63) is 35.8 Å². The predicted molar refractivity (Wildman–Crippen MR) is 69.2 cm³/mol. The van der Waals surface area contributed by atoms with Gasteiger partial charge < -0.3 is 10.0 Å². The van der Waals surface area contributed by atoms with E-state index in [-0.39, 0.29) is 12.5 Å². The first-order chi connectivity index (χ1) is 9.04. The highest BCUT2D eigenvalue weighted by Gasteiger charge is 2.22. The molecule has 0 fully saturated rings. The minimum absolute atomic E-state index is 0.331. The van der Waals surface area contributed by atoms with Gasteiger partial charge in [0, 0.05) is 13.2 Å². The summed E-state index contributed by atoms with van der Waals surface area (Å²) in [6.45, 7) is 1.58. The molecule has 0 unspecified atom stereocenters. The maximum Gasteiger partial charge on any atom is 0.323 e. The number of rotatable bonds is 4. The zero-order valence-electron chi connectivity index (χ0n) is 10.8. The van der Waals surface area contributed by atoms with Crippen LogP contribution in [0.4, 0.5) is 0 Å². The SMILES string of the molecule is CCc1nc2ccccn2c1C(=O)N(C)CC(=O)O. The van der Waals surface area contributed by atoms with E-state index in [4.69, 9.17) is 5.11 Å². The third-order valence-electron chi connectivity index (χ3n) is 2.86. The summed E-state index contributed by atoms with van der Waals surface area (Å²) >= 11 is 0. The number of nitrogens with zero attached hydrogens (tertiary/aromatic N) is 3. The molecule has 0 saturated carbocycles. The number of likely N-dealkylation sites (N-methyl/N-ethyl adjacent to an activating group) is 1. The van der Waals surface area contributed by atoms with Crippen molar-refractivity contribution in [3.8, 4) is 0 Å². The number of hydrogen-bond acceptors (Lipinski definition) is 3. The van der Waals surface area contributed by atoms with E-state index in [1.165, 1.54) is 11.9 Å². The lowest BCUT2D eigenvalue weighted by atomic mass is 10.2. The van der Waals surface area contributed by atoms with Crippen LogP contribution in [0.3, 0.4) is 0 Å². The highest BCUT2D eigenvalue weighted by atomic mass is 16.4. The van der Waals surface area contributed by atoms with Crippen molar-refractivity contribution in [2.45, 2.75) is 13.3 Å². The summed E-state index contributed by atoms with van der Waals surface area (Å²) in [6.07, 6.45) is 2.37. The first-order valence-electron chi connectivity index (χ1n) is 5.97. The Morgan fingerprint density at radius 3 is 2.79 bits per heavy atom. The number of aromatic nitrogens is 2. The Hall–Kier alpha value is -2.37. The molecule has 2 aromatic heterocycles. The number of carboxylic acids is 1. The Morgan fingerprint density at radius 2 is 2.16 bits per heavy atom. The molecule has 0 atom stereocenters. The molecule has 100 valence electrons. The van der Waals surface area contributed by atoms with Crippen LogP contribution in [0.2, 0.25) is 0 Å². The highest BCUT2D eigenvalue weighted by Crippen LogP contribution is 2.15. The number of aliphatic carboxylic acids is 1. The van der Waals surface area contributed by atoms with E-state index in [1.54, 1.807) is 10.6 Å². The number of fused-ring (bicyclic) bond motifs is 1. The fourth-order valence-corrected chi connectivity index (χ4v) is 1.97. The molecule has 0 saturated heterocycles. The van der Waals surface area contributed by atoms with Gasteiger partial charge in [-0.1, -0.05) is 13.0 Å². The Bertz CT molecular complexity index is 633. The lowest BCUT2D eigenvalue weighted by Crippen LogP contribution is -2.33. The number of hydrogen-bond donors (Lipinski definition) is 1. The van der Waals surface area contributed by atoms with E-state index in [9.17, 15) is 9.59 Å². The Kier molecular flexibility index (Phi) is 3.50. The number of imidazole rings is 1. The van der Waals surface area contributed by atoms with Crippen molar-refractivity contribution in [3.63, 3.8) is 0 Å². The van der Waals surface area contributed by atoms with Gasteiger partial charge >= 0.3 is 5.97 Å². The fourth-order valence-electron chi connectivity index (χ4n) is 1.97. The topological polar surface area (TPSA) is 74.9 Å². The maximum atomic E-state index is 12.3. The minimum atomic E-state index is -1.04. The molecule has 2 heterocycles. The van der Waals surface area contributed by atoms with E-state index < -0.39 is 5.97 Å². The number of aryl methyl sites for hydroxylation is 1. The Morgan fingerprint density at radius 1 is 1.42 bits per heavy atom. The zero-order valence-corrected chi connectivity index (χ0v) is 10.8. The molecule has 0 aliphatic carbocycles. The van der Waals surface area contributed by atoms with Gasteiger partial charge in [-0.3, -0.25) is 14.0 Å². The van der Waals surface area contributed by atoms with E-state index in [0.29, 0.717) is 23.5 Å². The number of carbonyl (C=O) groups excluding carboxylic acids is 1. The molecule has 1 N–H and O–H groups in total. The van der Waals surface area contributed by atoms with Crippen LogP contribution in [0, 0.1) is 0 Å². The number of carboxylic acid groups (broad SMARTS) is 1. The van der Waals surface area contributed by atoms with Gasteiger partial charge in [-0.2, -0.15) is 0 Å². The average Bonchev–Trinajstić information content (AvgIpc) is 2.75. The number of pyridine rings is 1. The molecule has 19 heavy (non-hydrogen) atoms. The highest BCUT2D eigenvalue weighted by molar-refractivity contribution is 5.96. The molecule has 1 amide bonds. The van der Waals surface area contributed by atoms with Crippen LogP contribution >= 0.6 is 0 Å². The molecule has 2 rings (SSSR count). The zero-order chi connectivity index (χ0) is 14.0. The number of amides is 1. The molecule has 2 aromatic rings.